The van der Waals surface area contributed by atoms with Crippen molar-refractivity contribution in [1.29, 1.82) is 0 Å². The maximum absolute atomic E-state index is 6.08. The van der Waals surface area contributed by atoms with Gasteiger partial charge in [0.2, 0.25) is 0 Å². The third-order valence-corrected chi connectivity index (χ3v) is 4.21. The number of hydrogen-bond donors (Lipinski definition) is 3. The Morgan fingerprint density at radius 2 is 2.27 bits per heavy atom. The van der Waals surface area contributed by atoms with Gasteiger partial charge in [-0.1, -0.05) is 6.42 Å². The number of nitrogens with one attached hydrogen (secondary N) is 2. The van der Waals surface area contributed by atoms with Crippen LogP contribution in [0.2, 0.25) is 0 Å². The lowest BCUT2D eigenvalue weighted by atomic mass is 10.1. The van der Waals surface area contributed by atoms with E-state index < -0.39 is 0 Å². The van der Waals surface area contributed by atoms with Gasteiger partial charge in [0.1, 0.15) is 23.8 Å². The molecule has 0 saturated carbocycles. The van der Waals surface area contributed by atoms with Crippen LogP contribution < -0.4 is 15.8 Å². The highest BCUT2D eigenvalue weighted by Crippen LogP contribution is 2.32. The predicted molar refractivity (Wildman–Crippen MR) is 86.9 cm³/mol. The van der Waals surface area contributed by atoms with Crippen molar-refractivity contribution in [3.8, 4) is 5.75 Å². The van der Waals surface area contributed by atoms with Gasteiger partial charge >= 0.3 is 0 Å². The lowest BCUT2D eigenvalue weighted by Crippen LogP contribution is -2.38. The van der Waals surface area contributed by atoms with Crippen LogP contribution in [0.3, 0.4) is 0 Å². The Morgan fingerprint density at radius 3 is 3.14 bits per heavy atom. The summed E-state index contributed by atoms with van der Waals surface area (Å²) in [6.07, 6.45) is 7.18. The Hall–Kier alpha value is -2.34. The molecule has 4 heterocycles. The molecular weight excluding hydrogens is 278 g/mol. The third-order valence-electron chi connectivity index (χ3n) is 4.21. The number of H-pyrrole nitrogens is 1. The highest BCUT2D eigenvalue weighted by atomic mass is 16.5. The van der Waals surface area contributed by atoms with Gasteiger partial charge in [-0.2, -0.15) is 0 Å². The number of anilines is 1. The molecule has 1 atom stereocenters. The molecule has 114 valence electrons. The van der Waals surface area contributed by atoms with E-state index in [1.54, 1.807) is 12.4 Å². The second-order valence-electron chi connectivity index (χ2n) is 5.77. The molecule has 22 heavy (non-hydrogen) atoms. The third kappa shape index (κ3) is 2.35. The zero-order valence-corrected chi connectivity index (χ0v) is 12.3. The average molecular weight is 297 g/mol. The summed E-state index contributed by atoms with van der Waals surface area (Å²) in [5, 5.41) is 5.48. The van der Waals surface area contributed by atoms with Gasteiger partial charge in [-0.3, -0.25) is 0 Å². The van der Waals surface area contributed by atoms with Crippen LogP contribution in [0.25, 0.3) is 21.9 Å². The van der Waals surface area contributed by atoms with Crippen LogP contribution in [0.15, 0.2) is 24.5 Å². The fourth-order valence-electron chi connectivity index (χ4n) is 3.08. The Labute approximate surface area is 128 Å². The fraction of sp³-hybridized carbons (Fsp3) is 0.375. The fourth-order valence-corrected chi connectivity index (χ4v) is 3.08. The number of aromatic nitrogens is 3. The van der Waals surface area contributed by atoms with E-state index in [9.17, 15) is 0 Å². The van der Waals surface area contributed by atoms with Crippen molar-refractivity contribution in [2.75, 3.05) is 18.9 Å². The first-order chi connectivity index (χ1) is 10.8. The number of rotatable bonds is 3. The molecule has 0 aromatic carbocycles. The first-order valence-electron chi connectivity index (χ1n) is 7.69. The predicted octanol–water partition coefficient (Wildman–Crippen LogP) is 2.21. The molecule has 0 spiro atoms. The smallest absolute Gasteiger partial charge is 0.142 e. The number of aromatic amines is 1. The molecule has 0 bridgehead atoms. The van der Waals surface area contributed by atoms with Crippen LogP contribution in [-0.2, 0) is 0 Å². The summed E-state index contributed by atoms with van der Waals surface area (Å²) in [5.74, 6) is 1.34. The van der Waals surface area contributed by atoms with Crippen LogP contribution in [0.4, 0.5) is 5.82 Å². The molecule has 0 amide bonds. The van der Waals surface area contributed by atoms with E-state index in [0.717, 1.165) is 34.2 Å². The van der Waals surface area contributed by atoms with Crippen molar-refractivity contribution >= 4 is 27.8 Å². The molecular formula is C16H19N5O. The van der Waals surface area contributed by atoms with E-state index in [1.807, 2.05) is 12.1 Å². The molecule has 1 aliphatic rings. The van der Waals surface area contributed by atoms with Gasteiger partial charge in [-0.15, -0.1) is 0 Å². The molecule has 0 radical (unpaired) electrons. The summed E-state index contributed by atoms with van der Waals surface area (Å²) in [4.78, 5) is 11.8. The minimum absolute atomic E-state index is 0.425. The molecule has 3 aromatic heterocycles. The van der Waals surface area contributed by atoms with E-state index in [-0.39, 0.29) is 0 Å². The van der Waals surface area contributed by atoms with Crippen LogP contribution in [0.1, 0.15) is 19.3 Å². The van der Waals surface area contributed by atoms with Crippen LogP contribution in [0.5, 0.6) is 5.75 Å². The summed E-state index contributed by atoms with van der Waals surface area (Å²) >= 11 is 0. The molecule has 4 rings (SSSR count). The monoisotopic (exact) mass is 297 g/mol. The maximum Gasteiger partial charge on any atom is 0.142 e. The zero-order chi connectivity index (χ0) is 14.9. The Balaban J connectivity index is 1.70. The van der Waals surface area contributed by atoms with Gasteiger partial charge in [0, 0.05) is 17.6 Å². The van der Waals surface area contributed by atoms with Crippen molar-refractivity contribution in [2.45, 2.75) is 25.3 Å². The van der Waals surface area contributed by atoms with Gasteiger partial charge in [-0.05, 0) is 31.5 Å². The molecule has 6 nitrogen and oxygen atoms in total. The zero-order valence-electron chi connectivity index (χ0n) is 12.3. The maximum atomic E-state index is 6.08. The van der Waals surface area contributed by atoms with Crippen LogP contribution in [-0.4, -0.2) is 34.1 Å². The van der Waals surface area contributed by atoms with Gasteiger partial charge in [0.05, 0.1) is 17.1 Å². The summed E-state index contributed by atoms with van der Waals surface area (Å²) < 4.78 is 6.08. The first-order valence-corrected chi connectivity index (χ1v) is 7.69. The summed E-state index contributed by atoms with van der Waals surface area (Å²) in [5.41, 5.74) is 7.54. The highest BCUT2D eigenvalue weighted by molar-refractivity contribution is 6.09. The number of nitrogens with zero attached hydrogens (tertiary/aromatic N) is 2. The first kappa shape index (κ1) is 13.3. The minimum Gasteiger partial charge on any atom is -0.491 e. The molecule has 4 N–H and O–H groups in total. The van der Waals surface area contributed by atoms with Gasteiger partial charge < -0.3 is 20.8 Å². The van der Waals surface area contributed by atoms with E-state index in [1.165, 1.54) is 19.3 Å². The largest absolute Gasteiger partial charge is 0.491 e. The van der Waals surface area contributed by atoms with Gasteiger partial charge in [0.25, 0.3) is 0 Å². The summed E-state index contributed by atoms with van der Waals surface area (Å²) in [7, 11) is 0. The summed E-state index contributed by atoms with van der Waals surface area (Å²) in [6, 6.07) is 4.20. The number of fused-ring (bicyclic) bond motifs is 3. The Bertz CT molecular complexity index is 807. The second kappa shape index (κ2) is 5.46. The van der Waals surface area contributed by atoms with Crippen LogP contribution >= 0.6 is 0 Å². The molecule has 0 aliphatic carbocycles. The topological polar surface area (TPSA) is 88.9 Å². The number of pyridine rings is 2. The number of nitrogens with two attached hydrogens (primary N) is 1. The van der Waals surface area contributed by atoms with Crippen molar-refractivity contribution in [1.82, 2.24) is 20.3 Å². The van der Waals surface area contributed by atoms with Crippen LogP contribution in [0, 0.1) is 0 Å². The minimum atomic E-state index is 0.425. The van der Waals surface area contributed by atoms with Crippen molar-refractivity contribution in [3.05, 3.63) is 24.5 Å². The van der Waals surface area contributed by atoms with Crippen molar-refractivity contribution in [3.63, 3.8) is 0 Å². The standard InChI is InChI=1S/C16H19N5O/c17-14-7-11-12(8-20-14)21-16-15(11)13(4-6-19-16)22-9-10-3-1-2-5-18-10/h4,6-8,10,18H,1-3,5,9H2,(H2,17,20)(H,19,21). The number of nitrogen functional groups attached to an aromatic ring is 1. The van der Waals surface area contributed by atoms with E-state index in [0.29, 0.717) is 18.5 Å². The Kier molecular flexibility index (Phi) is 3.31. The number of ether oxygens (including phenoxy) is 1. The van der Waals surface area contributed by atoms with Crippen molar-refractivity contribution in [2.24, 2.45) is 0 Å². The van der Waals surface area contributed by atoms with E-state index >= 15 is 0 Å². The Morgan fingerprint density at radius 1 is 1.32 bits per heavy atom. The van der Waals surface area contributed by atoms with E-state index in [4.69, 9.17) is 10.5 Å². The van der Waals surface area contributed by atoms with Crippen molar-refractivity contribution < 1.29 is 4.74 Å². The molecule has 1 fully saturated rings. The SMILES string of the molecule is Nc1cc2c(cn1)[nH]c1nccc(OCC3CCCCN3)c12. The normalized spacial score (nSPS) is 18.8. The number of hydrogen-bond acceptors (Lipinski definition) is 5. The number of piperidine rings is 1. The van der Waals surface area contributed by atoms with Gasteiger partial charge in [0.15, 0.2) is 0 Å². The second-order valence-corrected chi connectivity index (χ2v) is 5.77. The lowest BCUT2D eigenvalue weighted by Gasteiger charge is -2.23. The molecule has 3 aromatic rings. The molecule has 6 heteroatoms. The average Bonchev–Trinajstić information content (AvgIpc) is 2.92. The molecule has 1 saturated heterocycles. The quantitative estimate of drug-likeness (QED) is 0.690. The van der Waals surface area contributed by atoms with Gasteiger partial charge in [-0.25, -0.2) is 9.97 Å². The highest BCUT2D eigenvalue weighted by Gasteiger charge is 2.16. The molecule has 1 unspecified atom stereocenters. The summed E-state index contributed by atoms with van der Waals surface area (Å²) in [6.45, 7) is 1.75. The van der Waals surface area contributed by atoms with E-state index in [2.05, 4.69) is 20.3 Å². The lowest BCUT2D eigenvalue weighted by molar-refractivity contribution is 0.241. The molecule has 1 aliphatic heterocycles.